The highest BCUT2D eigenvalue weighted by molar-refractivity contribution is 8.01. The minimum absolute atomic E-state index is 0.112. The van der Waals surface area contributed by atoms with Crippen LogP contribution in [0, 0.1) is 18.3 Å². The summed E-state index contributed by atoms with van der Waals surface area (Å²) in [6.45, 7) is 4.76. The minimum Gasteiger partial charge on any atom is -0.452 e. The number of rotatable bonds is 8. The number of amides is 2. The summed E-state index contributed by atoms with van der Waals surface area (Å²) in [6.07, 6.45) is -1.06. The summed E-state index contributed by atoms with van der Waals surface area (Å²) in [5, 5.41) is 17.3. The van der Waals surface area contributed by atoms with Gasteiger partial charge in [-0.15, -0.1) is 11.8 Å². The predicted molar refractivity (Wildman–Crippen MR) is 107 cm³/mol. The fourth-order valence-electron chi connectivity index (χ4n) is 2.13. The van der Waals surface area contributed by atoms with Crippen LogP contribution in [-0.2, 0) is 19.1 Å². The van der Waals surface area contributed by atoms with Gasteiger partial charge in [-0.2, -0.15) is 5.26 Å². The molecule has 1 aromatic heterocycles. The van der Waals surface area contributed by atoms with Gasteiger partial charge in [0.2, 0.25) is 5.91 Å². The normalized spacial score (nSPS) is 12.3. The molecule has 152 valence electrons. The Morgan fingerprint density at radius 2 is 1.97 bits per heavy atom. The number of hydrogen-bond donors (Lipinski definition) is 2. The van der Waals surface area contributed by atoms with Crippen molar-refractivity contribution in [3.63, 3.8) is 0 Å². The minimum atomic E-state index is -1.06. The first-order valence-electron chi connectivity index (χ1n) is 8.65. The SMILES string of the molecule is Cc1cc(NC(=O)[C@H](C)SCC(=O)O[C@H](C)C(=O)Nc2ccccc2C#N)no1. The molecule has 2 atom stereocenters. The molecule has 0 aliphatic rings. The molecule has 9 nitrogen and oxygen atoms in total. The molecule has 0 aliphatic carbocycles. The predicted octanol–water partition coefficient (Wildman–Crippen LogP) is 2.49. The Morgan fingerprint density at radius 3 is 2.62 bits per heavy atom. The van der Waals surface area contributed by atoms with Gasteiger partial charge in [-0.05, 0) is 32.9 Å². The Hall–Kier alpha value is -3.32. The fraction of sp³-hybridized carbons (Fsp3) is 0.316. The molecule has 1 heterocycles. The molecule has 0 spiro atoms. The van der Waals surface area contributed by atoms with Crippen LogP contribution in [0.2, 0.25) is 0 Å². The zero-order valence-corrected chi connectivity index (χ0v) is 16.9. The van der Waals surface area contributed by atoms with Crippen molar-refractivity contribution in [3.8, 4) is 6.07 Å². The average Bonchev–Trinajstić information content (AvgIpc) is 3.10. The lowest BCUT2D eigenvalue weighted by Crippen LogP contribution is -2.31. The lowest BCUT2D eigenvalue weighted by molar-refractivity contribution is -0.150. The van der Waals surface area contributed by atoms with Crippen LogP contribution in [0.15, 0.2) is 34.9 Å². The number of hydrogen-bond acceptors (Lipinski definition) is 8. The van der Waals surface area contributed by atoms with Gasteiger partial charge in [0, 0.05) is 6.07 Å². The molecule has 0 fully saturated rings. The Morgan fingerprint density at radius 1 is 1.24 bits per heavy atom. The quantitative estimate of drug-likeness (QED) is 0.627. The molecule has 2 aromatic rings. The lowest BCUT2D eigenvalue weighted by atomic mass is 10.2. The zero-order chi connectivity index (χ0) is 21.4. The topological polar surface area (TPSA) is 134 Å². The van der Waals surface area contributed by atoms with Crippen LogP contribution >= 0.6 is 11.8 Å². The molecule has 0 aliphatic heterocycles. The molecule has 10 heteroatoms. The maximum atomic E-state index is 12.2. The summed E-state index contributed by atoms with van der Waals surface area (Å²) in [4.78, 5) is 36.2. The maximum absolute atomic E-state index is 12.2. The van der Waals surface area contributed by atoms with Gasteiger partial charge in [0.05, 0.1) is 22.3 Å². The largest absolute Gasteiger partial charge is 0.452 e. The number of nitrogens with one attached hydrogen (secondary N) is 2. The van der Waals surface area contributed by atoms with E-state index in [1.54, 1.807) is 44.2 Å². The van der Waals surface area contributed by atoms with Crippen molar-refractivity contribution in [2.45, 2.75) is 32.1 Å². The molecule has 29 heavy (non-hydrogen) atoms. The molecule has 0 saturated carbocycles. The molecule has 0 saturated heterocycles. The average molecular weight is 416 g/mol. The Kier molecular flexibility index (Phi) is 7.79. The van der Waals surface area contributed by atoms with Gasteiger partial charge in [0.15, 0.2) is 11.9 Å². The van der Waals surface area contributed by atoms with E-state index in [1.165, 1.54) is 6.92 Å². The van der Waals surface area contributed by atoms with E-state index in [1.807, 2.05) is 6.07 Å². The van der Waals surface area contributed by atoms with Gasteiger partial charge in [-0.1, -0.05) is 17.3 Å². The van der Waals surface area contributed by atoms with E-state index in [-0.39, 0.29) is 11.7 Å². The molecule has 0 radical (unpaired) electrons. The summed E-state index contributed by atoms with van der Waals surface area (Å²) < 4.78 is 9.96. The third kappa shape index (κ3) is 6.65. The van der Waals surface area contributed by atoms with E-state index in [4.69, 9.17) is 14.5 Å². The molecule has 1 aromatic carbocycles. The molecular formula is C19H20N4O5S. The third-order valence-electron chi connectivity index (χ3n) is 3.68. The summed E-state index contributed by atoms with van der Waals surface area (Å²) in [5.41, 5.74) is 0.641. The summed E-state index contributed by atoms with van der Waals surface area (Å²) >= 11 is 1.06. The lowest BCUT2D eigenvalue weighted by Gasteiger charge is -2.15. The first-order chi connectivity index (χ1) is 13.8. The first kappa shape index (κ1) is 22.0. The van der Waals surface area contributed by atoms with E-state index >= 15 is 0 Å². The van der Waals surface area contributed by atoms with Crippen molar-refractivity contribution in [2.75, 3.05) is 16.4 Å². The van der Waals surface area contributed by atoms with Crippen molar-refractivity contribution < 1.29 is 23.6 Å². The van der Waals surface area contributed by atoms with Gasteiger partial charge in [-0.25, -0.2) is 0 Å². The van der Waals surface area contributed by atoms with E-state index in [0.29, 0.717) is 22.8 Å². The fourth-order valence-corrected chi connectivity index (χ4v) is 2.80. The Bertz CT molecular complexity index is 937. The van der Waals surface area contributed by atoms with Crippen LogP contribution in [0.25, 0.3) is 0 Å². The molecule has 2 N–H and O–H groups in total. The van der Waals surface area contributed by atoms with Crippen LogP contribution in [0.4, 0.5) is 11.5 Å². The molecule has 2 amide bonds. The van der Waals surface area contributed by atoms with Crippen molar-refractivity contribution in [1.82, 2.24) is 5.16 Å². The second-order valence-corrected chi connectivity index (χ2v) is 7.37. The monoisotopic (exact) mass is 416 g/mol. The molecule has 0 unspecified atom stereocenters. The van der Waals surface area contributed by atoms with Gasteiger partial charge in [-0.3, -0.25) is 14.4 Å². The number of benzene rings is 1. The number of thioether (sulfide) groups is 1. The molecular weight excluding hydrogens is 396 g/mol. The molecule has 0 bridgehead atoms. The van der Waals surface area contributed by atoms with Gasteiger partial charge in [0.1, 0.15) is 11.8 Å². The number of ether oxygens (including phenoxy) is 1. The van der Waals surface area contributed by atoms with Gasteiger partial charge >= 0.3 is 5.97 Å². The van der Waals surface area contributed by atoms with Crippen molar-refractivity contribution in [1.29, 1.82) is 5.26 Å². The summed E-state index contributed by atoms with van der Waals surface area (Å²) in [7, 11) is 0. The maximum Gasteiger partial charge on any atom is 0.316 e. The number of para-hydroxylation sites is 1. The number of carbonyl (C=O) groups is 3. The number of aryl methyl sites for hydroxylation is 1. The van der Waals surface area contributed by atoms with Gasteiger partial charge in [0.25, 0.3) is 5.91 Å². The first-order valence-corrected chi connectivity index (χ1v) is 9.70. The Balaban J connectivity index is 1.78. The highest BCUT2D eigenvalue weighted by Crippen LogP contribution is 2.16. The summed E-state index contributed by atoms with van der Waals surface area (Å²) in [6, 6.07) is 10.0. The van der Waals surface area contributed by atoms with Gasteiger partial charge < -0.3 is 19.9 Å². The van der Waals surface area contributed by atoms with Crippen molar-refractivity contribution in [3.05, 3.63) is 41.7 Å². The number of anilines is 2. The second-order valence-electron chi connectivity index (χ2n) is 6.04. The van der Waals surface area contributed by atoms with Crippen molar-refractivity contribution >= 4 is 41.1 Å². The Labute approximate surface area is 171 Å². The van der Waals surface area contributed by atoms with Crippen molar-refractivity contribution in [2.24, 2.45) is 0 Å². The number of carbonyl (C=O) groups excluding carboxylic acids is 3. The number of nitrogens with zero attached hydrogens (tertiary/aromatic N) is 2. The molecule has 2 rings (SSSR count). The highest BCUT2D eigenvalue weighted by atomic mass is 32.2. The van der Waals surface area contributed by atoms with E-state index < -0.39 is 23.2 Å². The number of esters is 1. The number of nitriles is 1. The van der Waals surface area contributed by atoms with Crippen LogP contribution in [0.3, 0.4) is 0 Å². The highest BCUT2D eigenvalue weighted by Gasteiger charge is 2.21. The van der Waals surface area contributed by atoms with Crippen LogP contribution < -0.4 is 10.6 Å². The van der Waals surface area contributed by atoms with Crippen LogP contribution in [-0.4, -0.2) is 40.0 Å². The van der Waals surface area contributed by atoms with E-state index in [0.717, 1.165) is 11.8 Å². The standard InChI is InChI=1S/C19H20N4O5S/c1-11-8-16(23-28-11)22-19(26)13(3)29-10-17(24)27-12(2)18(25)21-15-7-5-4-6-14(15)9-20/h4-8,12-13H,10H2,1-3H3,(H,21,25)(H,22,23,26)/t12-,13+/m1/s1. The second kappa shape index (κ2) is 10.3. The zero-order valence-electron chi connectivity index (χ0n) is 16.1. The number of aromatic nitrogens is 1. The van der Waals surface area contributed by atoms with E-state index in [2.05, 4.69) is 15.8 Å². The van der Waals surface area contributed by atoms with Crippen LogP contribution in [0.1, 0.15) is 25.2 Å². The van der Waals surface area contributed by atoms with E-state index in [9.17, 15) is 14.4 Å². The summed E-state index contributed by atoms with van der Waals surface area (Å²) in [5.74, 6) is -0.783. The smallest absolute Gasteiger partial charge is 0.316 e. The third-order valence-corrected chi connectivity index (χ3v) is 4.80. The van der Waals surface area contributed by atoms with Crippen LogP contribution in [0.5, 0.6) is 0 Å².